The third kappa shape index (κ3) is 1.99. The van der Waals surface area contributed by atoms with Crippen LogP contribution in [0.15, 0.2) is 35.3 Å². The van der Waals surface area contributed by atoms with E-state index in [1.165, 1.54) is 0 Å². The first kappa shape index (κ1) is 17.4. The molecule has 0 bridgehead atoms. The Labute approximate surface area is 147 Å². The Balaban J connectivity index is 2.16. The zero-order chi connectivity index (χ0) is 18.1. The number of nitrogens with zero attached hydrogens (tertiary/aromatic N) is 3. The maximum atomic E-state index is 10.2. The Bertz CT molecular complexity index is 756. The summed E-state index contributed by atoms with van der Waals surface area (Å²) in [6.07, 6.45) is 1.48. The van der Waals surface area contributed by atoms with Crippen LogP contribution in [0.1, 0.15) is 38.2 Å². The first-order valence-electron chi connectivity index (χ1n) is 8.61. The molecule has 1 heterocycles. The van der Waals surface area contributed by atoms with E-state index in [0.29, 0.717) is 13.2 Å². The van der Waals surface area contributed by atoms with Crippen LogP contribution < -0.4 is 5.73 Å². The molecule has 0 radical (unpaired) electrons. The summed E-state index contributed by atoms with van der Waals surface area (Å²) in [6.45, 7) is 4.67. The van der Waals surface area contributed by atoms with Crippen LogP contribution in [-0.4, -0.2) is 25.0 Å². The van der Waals surface area contributed by atoms with E-state index >= 15 is 0 Å². The molecule has 130 valence electrons. The van der Waals surface area contributed by atoms with Crippen LogP contribution in [0.4, 0.5) is 0 Å². The van der Waals surface area contributed by atoms with Crippen LogP contribution >= 0.6 is 0 Å². The Morgan fingerprint density at radius 1 is 1.08 bits per heavy atom. The number of amidine groups is 1. The highest BCUT2D eigenvalue weighted by Gasteiger charge is 2.93. The van der Waals surface area contributed by atoms with Crippen LogP contribution in [0.3, 0.4) is 0 Å². The predicted octanol–water partition coefficient (Wildman–Crippen LogP) is 2.68. The lowest BCUT2D eigenvalue weighted by Crippen LogP contribution is -2.44. The number of benzene rings is 1. The van der Waals surface area contributed by atoms with Gasteiger partial charge in [-0.1, -0.05) is 44.2 Å². The SMILES string of the molecule is CCCOC1(OCCC)N=C(N)C2(C#N)C(c3ccccc3)C12C#N. The van der Waals surface area contributed by atoms with Gasteiger partial charge in [0.05, 0.1) is 25.4 Å². The summed E-state index contributed by atoms with van der Waals surface area (Å²) < 4.78 is 12.0. The lowest BCUT2D eigenvalue weighted by atomic mass is 9.93. The molecule has 1 aliphatic carbocycles. The third-order valence-electron chi connectivity index (χ3n) is 5.06. The van der Waals surface area contributed by atoms with Gasteiger partial charge in [0, 0.05) is 5.92 Å². The number of hydrogen-bond acceptors (Lipinski definition) is 6. The Hall–Kier alpha value is -2.41. The van der Waals surface area contributed by atoms with Crippen molar-refractivity contribution in [2.75, 3.05) is 13.2 Å². The second kappa shape index (κ2) is 6.15. The maximum Gasteiger partial charge on any atom is 0.293 e. The van der Waals surface area contributed by atoms with E-state index in [0.717, 1.165) is 18.4 Å². The van der Waals surface area contributed by atoms with Crippen LogP contribution in [0.2, 0.25) is 0 Å². The summed E-state index contributed by atoms with van der Waals surface area (Å²) >= 11 is 0. The molecule has 3 atom stereocenters. The van der Waals surface area contributed by atoms with Gasteiger partial charge in [-0.15, -0.1) is 0 Å². The smallest absolute Gasteiger partial charge is 0.293 e. The number of ether oxygens (including phenoxy) is 2. The summed E-state index contributed by atoms with van der Waals surface area (Å²) in [5.74, 6) is -1.84. The fraction of sp³-hybridized carbons (Fsp3) is 0.526. The highest BCUT2D eigenvalue weighted by Crippen LogP contribution is 2.81. The number of nitrogens with two attached hydrogens (primary N) is 1. The average molecular weight is 338 g/mol. The summed E-state index contributed by atoms with van der Waals surface area (Å²) in [5, 5.41) is 20.1. The van der Waals surface area contributed by atoms with Crippen molar-refractivity contribution in [1.29, 1.82) is 10.5 Å². The lowest BCUT2D eigenvalue weighted by molar-refractivity contribution is -0.259. The molecule has 1 aromatic rings. The van der Waals surface area contributed by atoms with Gasteiger partial charge in [0.25, 0.3) is 5.91 Å². The summed E-state index contributed by atoms with van der Waals surface area (Å²) in [7, 11) is 0. The quantitative estimate of drug-likeness (QED) is 0.770. The zero-order valence-corrected chi connectivity index (χ0v) is 14.5. The van der Waals surface area contributed by atoms with Gasteiger partial charge in [-0.05, 0) is 18.4 Å². The Morgan fingerprint density at radius 3 is 2.16 bits per heavy atom. The number of rotatable bonds is 7. The normalized spacial score (nSPS) is 31.5. The van der Waals surface area contributed by atoms with Crippen LogP contribution in [-0.2, 0) is 9.47 Å². The maximum absolute atomic E-state index is 10.2. The molecule has 1 aliphatic heterocycles. The minimum atomic E-state index is -1.53. The van der Waals surface area contributed by atoms with Gasteiger partial charge in [-0.25, -0.2) is 4.99 Å². The summed E-state index contributed by atoms with van der Waals surface area (Å²) in [4.78, 5) is 4.39. The van der Waals surface area contributed by atoms with E-state index in [4.69, 9.17) is 15.2 Å². The van der Waals surface area contributed by atoms with Crippen LogP contribution in [0, 0.1) is 33.5 Å². The first-order valence-corrected chi connectivity index (χ1v) is 8.61. The molecule has 2 N–H and O–H groups in total. The molecule has 2 aliphatic rings. The number of fused-ring (bicyclic) bond motifs is 1. The van der Waals surface area contributed by atoms with Gasteiger partial charge in [0.15, 0.2) is 5.41 Å². The molecule has 6 nitrogen and oxygen atoms in total. The second-order valence-electron chi connectivity index (χ2n) is 6.46. The van der Waals surface area contributed by atoms with E-state index < -0.39 is 22.7 Å². The molecule has 1 saturated carbocycles. The van der Waals surface area contributed by atoms with Gasteiger partial charge >= 0.3 is 0 Å². The standard InChI is InChI=1S/C19H22N4O2/c1-3-10-24-19(25-11-4-2)18(13-21)15(14-8-6-5-7-9-14)17(18,12-20)16(22)23-19/h5-9,15H,3-4,10-11H2,1-2H3,(H2,22,23). The van der Waals surface area contributed by atoms with E-state index in [1.807, 2.05) is 44.2 Å². The van der Waals surface area contributed by atoms with Crippen LogP contribution in [0.25, 0.3) is 0 Å². The lowest BCUT2D eigenvalue weighted by Gasteiger charge is -2.32. The molecule has 0 spiro atoms. The Morgan fingerprint density at radius 2 is 1.68 bits per heavy atom. The average Bonchev–Trinajstić information content (AvgIpc) is 3.23. The van der Waals surface area contributed by atoms with Gasteiger partial charge < -0.3 is 15.2 Å². The molecule has 3 unspecified atom stereocenters. The highest BCUT2D eigenvalue weighted by atomic mass is 16.7. The highest BCUT2D eigenvalue weighted by molar-refractivity contribution is 6.00. The van der Waals surface area contributed by atoms with E-state index in [1.54, 1.807) is 0 Å². The number of nitriles is 2. The summed E-state index contributed by atoms with van der Waals surface area (Å²) in [6, 6.07) is 14.1. The topological polar surface area (TPSA) is 104 Å². The number of aliphatic imine (C=N–C) groups is 1. The van der Waals surface area contributed by atoms with Gasteiger partial charge in [0.2, 0.25) is 0 Å². The van der Waals surface area contributed by atoms with Crippen molar-refractivity contribution in [3.63, 3.8) is 0 Å². The molecule has 1 aromatic carbocycles. The van der Waals surface area contributed by atoms with E-state index in [-0.39, 0.29) is 5.84 Å². The first-order chi connectivity index (χ1) is 12.1. The molecule has 1 fully saturated rings. The van der Waals surface area contributed by atoms with Gasteiger partial charge in [-0.2, -0.15) is 10.5 Å². The van der Waals surface area contributed by atoms with Crippen molar-refractivity contribution in [3.05, 3.63) is 35.9 Å². The molecular weight excluding hydrogens is 316 g/mol. The molecule has 3 rings (SSSR count). The van der Waals surface area contributed by atoms with Crippen molar-refractivity contribution >= 4 is 5.84 Å². The summed E-state index contributed by atoms with van der Waals surface area (Å²) in [5.41, 5.74) is 4.57. The molecule has 25 heavy (non-hydrogen) atoms. The van der Waals surface area contributed by atoms with E-state index in [9.17, 15) is 10.5 Å². The van der Waals surface area contributed by atoms with Crippen LogP contribution in [0.5, 0.6) is 0 Å². The minimum Gasteiger partial charge on any atom is -0.386 e. The monoisotopic (exact) mass is 338 g/mol. The third-order valence-corrected chi connectivity index (χ3v) is 5.06. The van der Waals surface area contributed by atoms with E-state index in [2.05, 4.69) is 17.1 Å². The molecule has 0 saturated heterocycles. The van der Waals surface area contributed by atoms with Gasteiger partial charge in [-0.3, -0.25) is 0 Å². The molecular formula is C19H22N4O2. The number of hydrogen-bond donors (Lipinski definition) is 1. The van der Waals surface area contributed by atoms with Crippen molar-refractivity contribution in [2.45, 2.75) is 38.5 Å². The molecule has 0 aromatic heterocycles. The van der Waals surface area contributed by atoms with Crippen molar-refractivity contribution in [1.82, 2.24) is 0 Å². The molecule has 6 heteroatoms. The van der Waals surface area contributed by atoms with Gasteiger partial charge in [0.1, 0.15) is 11.3 Å². The zero-order valence-electron chi connectivity index (χ0n) is 14.5. The fourth-order valence-corrected chi connectivity index (χ4v) is 3.98. The van der Waals surface area contributed by atoms with Crippen molar-refractivity contribution in [2.24, 2.45) is 21.6 Å². The van der Waals surface area contributed by atoms with Crippen molar-refractivity contribution in [3.8, 4) is 12.1 Å². The molecule has 0 amide bonds. The van der Waals surface area contributed by atoms with Crippen molar-refractivity contribution < 1.29 is 9.47 Å². The minimum absolute atomic E-state index is 0.123. The largest absolute Gasteiger partial charge is 0.386 e. The fourth-order valence-electron chi connectivity index (χ4n) is 3.98. The predicted molar refractivity (Wildman–Crippen MR) is 92.1 cm³/mol. The Kier molecular flexibility index (Phi) is 4.28. The second-order valence-corrected chi connectivity index (χ2v) is 6.46.